The molecule has 2 rings (SSSR count). The Balaban J connectivity index is 0.000000527. The minimum absolute atomic E-state index is 0.0831. The maximum atomic E-state index is 13.8. The molecular formula is C19H21F4NO3. The average molecular weight is 387 g/mol. The third kappa shape index (κ3) is 5.96. The molecule has 2 aromatic carbocycles. The summed E-state index contributed by atoms with van der Waals surface area (Å²) in [5.41, 5.74) is 4.41. The van der Waals surface area contributed by atoms with E-state index in [1.807, 2.05) is 0 Å². The molecule has 148 valence electrons. The van der Waals surface area contributed by atoms with Gasteiger partial charge in [0, 0.05) is 24.6 Å². The summed E-state index contributed by atoms with van der Waals surface area (Å²) in [5, 5.41) is 9.81. The molecule has 0 spiro atoms. The summed E-state index contributed by atoms with van der Waals surface area (Å²) in [7, 11) is 0. The van der Waals surface area contributed by atoms with Crippen LogP contribution in [0.1, 0.15) is 30.5 Å². The zero-order chi connectivity index (χ0) is 20.8. The highest BCUT2D eigenvalue weighted by Gasteiger charge is 2.35. The van der Waals surface area contributed by atoms with Gasteiger partial charge in [0.25, 0.3) is 0 Å². The second-order valence-electron chi connectivity index (χ2n) is 5.59. The topological polar surface area (TPSA) is 72.5 Å². The number of benzene rings is 2. The first-order valence-electron chi connectivity index (χ1n) is 8.04. The molecule has 27 heavy (non-hydrogen) atoms. The fourth-order valence-corrected chi connectivity index (χ4v) is 2.42. The SMILES string of the molecule is CCOC(C)=O.Cc1cc(-c2c(O)cccc2C(F)(F)F)cc(CN)c1F. The van der Waals surface area contributed by atoms with Crippen molar-refractivity contribution >= 4 is 5.97 Å². The smallest absolute Gasteiger partial charge is 0.417 e. The van der Waals surface area contributed by atoms with Crippen molar-refractivity contribution in [3.63, 3.8) is 0 Å². The van der Waals surface area contributed by atoms with E-state index in [1.54, 1.807) is 6.92 Å². The molecule has 0 saturated heterocycles. The summed E-state index contributed by atoms with van der Waals surface area (Å²) in [6, 6.07) is 5.63. The summed E-state index contributed by atoms with van der Waals surface area (Å²) < 4.78 is 57.4. The van der Waals surface area contributed by atoms with Crippen LogP contribution >= 0.6 is 0 Å². The Labute approximate surface area is 154 Å². The van der Waals surface area contributed by atoms with Crippen LogP contribution in [-0.2, 0) is 22.3 Å². The van der Waals surface area contributed by atoms with E-state index in [2.05, 4.69) is 4.74 Å². The van der Waals surface area contributed by atoms with Crippen molar-refractivity contribution in [2.45, 2.75) is 33.5 Å². The van der Waals surface area contributed by atoms with Gasteiger partial charge in [0.15, 0.2) is 0 Å². The number of aromatic hydroxyl groups is 1. The van der Waals surface area contributed by atoms with Crippen LogP contribution in [0.3, 0.4) is 0 Å². The van der Waals surface area contributed by atoms with Crippen LogP contribution in [0.15, 0.2) is 30.3 Å². The number of carbonyl (C=O) groups is 1. The van der Waals surface area contributed by atoms with E-state index in [0.29, 0.717) is 6.61 Å². The maximum absolute atomic E-state index is 13.8. The van der Waals surface area contributed by atoms with Gasteiger partial charge in [-0.25, -0.2) is 4.39 Å². The Morgan fingerprint density at radius 2 is 1.89 bits per heavy atom. The van der Waals surface area contributed by atoms with E-state index >= 15 is 0 Å². The van der Waals surface area contributed by atoms with Crippen molar-refractivity contribution in [2.75, 3.05) is 6.61 Å². The molecule has 0 heterocycles. The molecular weight excluding hydrogens is 366 g/mol. The van der Waals surface area contributed by atoms with Crippen LogP contribution in [0, 0.1) is 12.7 Å². The molecule has 0 aromatic heterocycles. The van der Waals surface area contributed by atoms with Crippen molar-refractivity contribution < 1.29 is 32.2 Å². The molecule has 3 N–H and O–H groups in total. The van der Waals surface area contributed by atoms with Gasteiger partial charge >= 0.3 is 12.1 Å². The molecule has 0 unspecified atom stereocenters. The van der Waals surface area contributed by atoms with Crippen molar-refractivity contribution in [3.05, 3.63) is 52.8 Å². The molecule has 0 fully saturated rings. The fraction of sp³-hybridized carbons (Fsp3) is 0.316. The van der Waals surface area contributed by atoms with E-state index in [1.165, 1.54) is 26.0 Å². The molecule has 8 heteroatoms. The molecule has 0 aliphatic heterocycles. The van der Waals surface area contributed by atoms with Crippen molar-refractivity contribution in [3.8, 4) is 16.9 Å². The van der Waals surface area contributed by atoms with Gasteiger partial charge in [-0.15, -0.1) is 0 Å². The molecule has 0 radical (unpaired) electrons. The fourth-order valence-electron chi connectivity index (χ4n) is 2.42. The summed E-state index contributed by atoms with van der Waals surface area (Å²) in [6.45, 7) is 4.95. The second-order valence-corrected chi connectivity index (χ2v) is 5.59. The van der Waals surface area contributed by atoms with Crippen LogP contribution in [0.4, 0.5) is 17.6 Å². The largest absolute Gasteiger partial charge is 0.507 e. The first-order valence-corrected chi connectivity index (χ1v) is 8.04. The van der Waals surface area contributed by atoms with E-state index in [-0.39, 0.29) is 34.8 Å². The van der Waals surface area contributed by atoms with E-state index < -0.39 is 23.3 Å². The zero-order valence-corrected chi connectivity index (χ0v) is 15.2. The second kappa shape index (κ2) is 9.36. The van der Waals surface area contributed by atoms with Crippen LogP contribution < -0.4 is 5.73 Å². The first kappa shape index (κ1) is 22.4. The molecule has 0 saturated carbocycles. The number of alkyl halides is 3. The lowest BCUT2D eigenvalue weighted by Gasteiger charge is -2.16. The highest BCUT2D eigenvalue weighted by atomic mass is 19.4. The van der Waals surface area contributed by atoms with Gasteiger partial charge in [-0.05, 0) is 49.2 Å². The monoisotopic (exact) mass is 387 g/mol. The lowest BCUT2D eigenvalue weighted by molar-refractivity contribution is -0.140. The lowest BCUT2D eigenvalue weighted by Crippen LogP contribution is -2.08. The number of phenolic OH excluding ortho intramolecular Hbond substituents is 1. The molecule has 0 atom stereocenters. The van der Waals surface area contributed by atoms with Crippen LogP contribution in [-0.4, -0.2) is 17.7 Å². The van der Waals surface area contributed by atoms with Gasteiger partial charge in [-0.2, -0.15) is 13.2 Å². The van der Waals surface area contributed by atoms with Crippen LogP contribution in [0.2, 0.25) is 0 Å². The predicted molar refractivity (Wildman–Crippen MR) is 93.4 cm³/mol. The molecule has 0 aliphatic carbocycles. The normalized spacial score (nSPS) is 10.8. The summed E-state index contributed by atoms with van der Waals surface area (Å²) >= 11 is 0. The Bertz CT molecular complexity index is 804. The highest BCUT2D eigenvalue weighted by molar-refractivity contribution is 5.75. The Morgan fingerprint density at radius 1 is 1.26 bits per heavy atom. The minimum atomic E-state index is -4.63. The molecule has 4 nitrogen and oxygen atoms in total. The van der Waals surface area contributed by atoms with Gasteiger partial charge in [-0.3, -0.25) is 4.79 Å². The standard InChI is InChI=1S/C15H13F4NO.C4H8O2/c1-8-5-9(6-10(7-20)14(8)16)13-11(15(17,18)19)3-2-4-12(13)21;1-3-6-4(2)5/h2-6,21H,7,20H2,1H3;3H2,1-2H3. The maximum Gasteiger partial charge on any atom is 0.417 e. The van der Waals surface area contributed by atoms with Gasteiger partial charge in [0.2, 0.25) is 0 Å². The highest BCUT2D eigenvalue weighted by Crippen LogP contribution is 2.42. The molecule has 0 amide bonds. The van der Waals surface area contributed by atoms with Gasteiger partial charge in [-0.1, -0.05) is 6.07 Å². The lowest BCUT2D eigenvalue weighted by atomic mass is 9.94. The molecule has 2 aromatic rings. The number of hydrogen-bond acceptors (Lipinski definition) is 4. The van der Waals surface area contributed by atoms with E-state index in [9.17, 15) is 27.5 Å². The third-order valence-corrected chi connectivity index (χ3v) is 3.53. The predicted octanol–water partition coefficient (Wildman–Crippen LogP) is 4.55. The van der Waals surface area contributed by atoms with Crippen molar-refractivity contribution in [1.82, 2.24) is 0 Å². The van der Waals surface area contributed by atoms with Gasteiger partial charge in [0.1, 0.15) is 11.6 Å². The van der Waals surface area contributed by atoms with Crippen LogP contribution in [0.5, 0.6) is 5.75 Å². The molecule has 0 aliphatic rings. The van der Waals surface area contributed by atoms with Gasteiger partial charge in [0.05, 0.1) is 12.2 Å². The minimum Gasteiger partial charge on any atom is -0.507 e. The van der Waals surface area contributed by atoms with Crippen LogP contribution in [0.25, 0.3) is 11.1 Å². The number of aryl methyl sites for hydroxylation is 1. The quantitative estimate of drug-likeness (QED) is 0.599. The number of halogens is 4. The Morgan fingerprint density at radius 3 is 2.33 bits per heavy atom. The summed E-state index contributed by atoms with van der Waals surface area (Å²) in [6.07, 6.45) is -4.63. The number of ether oxygens (including phenoxy) is 1. The first-order chi connectivity index (χ1) is 12.5. The number of nitrogens with two attached hydrogens (primary N) is 1. The van der Waals surface area contributed by atoms with Crippen molar-refractivity contribution in [2.24, 2.45) is 5.73 Å². The summed E-state index contributed by atoms with van der Waals surface area (Å²) in [4.78, 5) is 9.82. The van der Waals surface area contributed by atoms with Crippen molar-refractivity contribution in [1.29, 1.82) is 0 Å². The van der Waals surface area contributed by atoms with E-state index in [0.717, 1.165) is 18.2 Å². The summed E-state index contributed by atoms with van der Waals surface area (Å²) in [5.74, 6) is -1.28. The zero-order valence-electron chi connectivity index (χ0n) is 15.2. The van der Waals surface area contributed by atoms with E-state index in [4.69, 9.17) is 5.73 Å². The number of esters is 1. The number of hydrogen-bond donors (Lipinski definition) is 2. The Kier molecular flexibility index (Phi) is 7.78. The number of carbonyl (C=O) groups excluding carboxylic acids is 1. The average Bonchev–Trinajstić information content (AvgIpc) is 2.56. The Hall–Kier alpha value is -2.61. The third-order valence-electron chi connectivity index (χ3n) is 3.53. The number of phenols is 1. The van der Waals surface area contributed by atoms with Gasteiger partial charge < -0.3 is 15.6 Å². The number of rotatable bonds is 3. The molecule has 0 bridgehead atoms.